The maximum absolute atomic E-state index is 12.2. The first-order chi connectivity index (χ1) is 9.94. The fourth-order valence-electron chi connectivity index (χ4n) is 2.33. The van der Waals surface area contributed by atoms with Crippen molar-refractivity contribution in [1.29, 1.82) is 0 Å². The van der Waals surface area contributed by atoms with Gasteiger partial charge in [-0.3, -0.25) is 0 Å². The number of carboxylic acids is 1. The predicted molar refractivity (Wildman–Crippen MR) is 75.8 cm³/mol. The number of aromatic carboxylic acids is 1. The fourth-order valence-corrected chi connectivity index (χ4v) is 3.43. The molecule has 118 valence electrons. The number of rotatable bonds is 6. The standard InChI is InChI=1S/C13H20N2O5S/c1-2-15-9-11(7-12(15)13(16)17)21(18,19)14-8-10-5-3-4-6-20-10/h7,9-10,14H,2-6,8H2,1H3,(H,16,17). The molecule has 0 spiro atoms. The second-order valence-electron chi connectivity index (χ2n) is 4.99. The van der Waals surface area contributed by atoms with Crippen LogP contribution >= 0.6 is 0 Å². The Morgan fingerprint density at radius 2 is 2.29 bits per heavy atom. The van der Waals surface area contributed by atoms with Gasteiger partial charge in [-0.25, -0.2) is 17.9 Å². The Bertz CT molecular complexity index is 602. The van der Waals surface area contributed by atoms with E-state index in [1.807, 2.05) is 0 Å². The number of carboxylic acid groups (broad SMARTS) is 1. The summed E-state index contributed by atoms with van der Waals surface area (Å²) in [5, 5.41) is 9.05. The molecule has 1 aromatic heterocycles. The minimum Gasteiger partial charge on any atom is -0.477 e. The molecule has 21 heavy (non-hydrogen) atoms. The van der Waals surface area contributed by atoms with Gasteiger partial charge in [-0.05, 0) is 32.3 Å². The van der Waals surface area contributed by atoms with Gasteiger partial charge in [0.05, 0.1) is 6.10 Å². The largest absolute Gasteiger partial charge is 0.477 e. The second-order valence-corrected chi connectivity index (χ2v) is 6.76. The summed E-state index contributed by atoms with van der Waals surface area (Å²) < 4.78 is 33.8. The summed E-state index contributed by atoms with van der Waals surface area (Å²) in [6.07, 6.45) is 4.10. The zero-order valence-electron chi connectivity index (χ0n) is 11.9. The van der Waals surface area contributed by atoms with Crippen LogP contribution in [0.15, 0.2) is 17.2 Å². The van der Waals surface area contributed by atoms with E-state index in [9.17, 15) is 13.2 Å². The molecule has 0 radical (unpaired) electrons. The van der Waals surface area contributed by atoms with Crippen LogP contribution in [-0.2, 0) is 21.3 Å². The molecule has 0 aliphatic carbocycles. The first kappa shape index (κ1) is 16.0. The van der Waals surface area contributed by atoms with Crippen LogP contribution in [0.1, 0.15) is 36.7 Å². The van der Waals surface area contributed by atoms with Crippen LogP contribution in [0.4, 0.5) is 0 Å². The molecule has 1 aliphatic rings. The second kappa shape index (κ2) is 6.59. The van der Waals surface area contributed by atoms with Crippen LogP contribution in [-0.4, -0.2) is 43.3 Å². The van der Waals surface area contributed by atoms with Gasteiger partial charge in [0.2, 0.25) is 10.0 Å². The van der Waals surface area contributed by atoms with Crippen molar-refractivity contribution in [3.8, 4) is 0 Å². The Labute approximate surface area is 124 Å². The smallest absolute Gasteiger partial charge is 0.352 e. The number of hydrogen-bond acceptors (Lipinski definition) is 4. The van der Waals surface area contributed by atoms with Crippen LogP contribution in [0, 0.1) is 0 Å². The number of aryl methyl sites for hydroxylation is 1. The Balaban J connectivity index is 2.09. The normalized spacial score (nSPS) is 19.6. The van der Waals surface area contributed by atoms with Crippen molar-refractivity contribution in [3.05, 3.63) is 18.0 Å². The molecule has 1 fully saturated rings. The average molecular weight is 316 g/mol. The van der Waals surface area contributed by atoms with Crippen molar-refractivity contribution >= 4 is 16.0 Å². The number of sulfonamides is 1. The lowest BCUT2D eigenvalue weighted by Crippen LogP contribution is -2.35. The van der Waals surface area contributed by atoms with Crippen molar-refractivity contribution in [2.75, 3.05) is 13.2 Å². The Kier molecular flexibility index (Phi) is 5.02. The Hall–Kier alpha value is -1.38. The van der Waals surface area contributed by atoms with E-state index in [1.165, 1.54) is 16.8 Å². The summed E-state index contributed by atoms with van der Waals surface area (Å²) in [5.74, 6) is -1.14. The third-order valence-corrected chi connectivity index (χ3v) is 4.91. The first-order valence-electron chi connectivity index (χ1n) is 6.98. The van der Waals surface area contributed by atoms with Gasteiger partial charge in [-0.15, -0.1) is 0 Å². The predicted octanol–water partition coefficient (Wildman–Crippen LogP) is 1.05. The van der Waals surface area contributed by atoms with E-state index in [-0.39, 0.29) is 23.2 Å². The Morgan fingerprint density at radius 1 is 1.52 bits per heavy atom. The molecule has 8 heteroatoms. The molecule has 1 atom stereocenters. The third-order valence-electron chi connectivity index (χ3n) is 3.52. The molecular formula is C13H20N2O5S. The summed E-state index contributed by atoms with van der Waals surface area (Å²) in [6, 6.07) is 1.18. The van der Waals surface area contributed by atoms with Gasteiger partial charge in [0, 0.05) is 25.9 Å². The van der Waals surface area contributed by atoms with Gasteiger partial charge in [0.1, 0.15) is 10.6 Å². The van der Waals surface area contributed by atoms with E-state index < -0.39 is 16.0 Å². The number of nitrogens with one attached hydrogen (secondary N) is 1. The van der Waals surface area contributed by atoms with E-state index in [0.29, 0.717) is 13.2 Å². The molecule has 1 aliphatic heterocycles. The van der Waals surface area contributed by atoms with Gasteiger partial charge in [-0.1, -0.05) is 0 Å². The molecule has 2 heterocycles. The van der Waals surface area contributed by atoms with Crippen molar-refractivity contribution < 1.29 is 23.1 Å². The molecule has 1 unspecified atom stereocenters. The average Bonchev–Trinajstić information content (AvgIpc) is 2.92. The lowest BCUT2D eigenvalue weighted by molar-refractivity contribution is 0.0200. The van der Waals surface area contributed by atoms with Crippen molar-refractivity contribution in [2.45, 2.75) is 43.7 Å². The summed E-state index contributed by atoms with van der Waals surface area (Å²) in [7, 11) is -3.72. The number of carbonyl (C=O) groups is 1. The van der Waals surface area contributed by atoms with Crippen LogP contribution in [0.2, 0.25) is 0 Å². The minimum atomic E-state index is -3.72. The van der Waals surface area contributed by atoms with Crippen molar-refractivity contribution in [1.82, 2.24) is 9.29 Å². The SMILES string of the molecule is CCn1cc(S(=O)(=O)NCC2CCCCO2)cc1C(=O)O. The molecular weight excluding hydrogens is 296 g/mol. The van der Waals surface area contributed by atoms with Crippen LogP contribution in [0.25, 0.3) is 0 Å². The van der Waals surface area contributed by atoms with Gasteiger partial charge in [0.25, 0.3) is 0 Å². The Morgan fingerprint density at radius 3 is 2.81 bits per heavy atom. The number of aromatic nitrogens is 1. The molecule has 0 amide bonds. The lowest BCUT2D eigenvalue weighted by atomic mass is 10.1. The highest BCUT2D eigenvalue weighted by atomic mass is 32.2. The quantitative estimate of drug-likeness (QED) is 0.817. The third kappa shape index (κ3) is 3.84. The maximum Gasteiger partial charge on any atom is 0.352 e. The van der Waals surface area contributed by atoms with Crippen LogP contribution in [0.3, 0.4) is 0 Å². The number of ether oxygens (including phenoxy) is 1. The topological polar surface area (TPSA) is 97.6 Å². The summed E-state index contributed by atoms with van der Waals surface area (Å²) in [5.41, 5.74) is -0.0354. The zero-order chi connectivity index (χ0) is 15.5. The van der Waals surface area contributed by atoms with E-state index in [4.69, 9.17) is 9.84 Å². The van der Waals surface area contributed by atoms with Gasteiger partial charge in [-0.2, -0.15) is 0 Å². The van der Waals surface area contributed by atoms with Gasteiger partial charge < -0.3 is 14.4 Å². The molecule has 2 N–H and O–H groups in total. The fraction of sp³-hybridized carbons (Fsp3) is 0.615. The van der Waals surface area contributed by atoms with Crippen molar-refractivity contribution in [2.24, 2.45) is 0 Å². The minimum absolute atomic E-state index is 0.0300. The summed E-state index contributed by atoms with van der Waals surface area (Å²) in [6.45, 7) is 3.01. The molecule has 2 rings (SSSR count). The van der Waals surface area contributed by atoms with Gasteiger partial charge in [0.15, 0.2) is 0 Å². The molecule has 0 bridgehead atoms. The highest BCUT2D eigenvalue weighted by Crippen LogP contribution is 2.16. The van der Waals surface area contributed by atoms with E-state index in [0.717, 1.165) is 19.3 Å². The zero-order valence-corrected chi connectivity index (χ0v) is 12.7. The van der Waals surface area contributed by atoms with Crippen molar-refractivity contribution in [3.63, 3.8) is 0 Å². The first-order valence-corrected chi connectivity index (χ1v) is 8.47. The molecule has 1 saturated heterocycles. The highest BCUT2D eigenvalue weighted by molar-refractivity contribution is 7.89. The highest BCUT2D eigenvalue weighted by Gasteiger charge is 2.23. The van der Waals surface area contributed by atoms with Gasteiger partial charge >= 0.3 is 5.97 Å². The molecule has 7 nitrogen and oxygen atoms in total. The summed E-state index contributed by atoms with van der Waals surface area (Å²) in [4.78, 5) is 11.0. The summed E-state index contributed by atoms with van der Waals surface area (Å²) >= 11 is 0. The van der Waals surface area contributed by atoms with E-state index in [1.54, 1.807) is 6.92 Å². The van der Waals surface area contributed by atoms with E-state index >= 15 is 0 Å². The van der Waals surface area contributed by atoms with E-state index in [2.05, 4.69) is 4.72 Å². The maximum atomic E-state index is 12.2. The monoisotopic (exact) mass is 316 g/mol. The molecule has 0 saturated carbocycles. The lowest BCUT2D eigenvalue weighted by Gasteiger charge is -2.22. The number of nitrogens with zero attached hydrogens (tertiary/aromatic N) is 1. The van der Waals surface area contributed by atoms with Crippen LogP contribution < -0.4 is 4.72 Å². The number of hydrogen-bond donors (Lipinski definition) is 2. The van der Waals surface area contributed by atoms with Crippen LogP contribution in [0.5, 0.6) is 0 Å². The molecule has 0 aromatic carbocycles. The molecule has 1 aromatic rings.